The molecule has 0 bridgehead atoms. The number of nitrogens with zero attached hydrogens (tertiary/aromatic N) is 3. The van der Waals surface area contributed by atoms with Gasteiger partial charge in [0, 0.05) is 24.9 Å². The van der Waals surface area contributed by atoms with Crippen LogP contribution in [-0.2, 0) is 10.0 Å². The molecule has 1 aromatic rings. The molecule has 2 atom stereocenters. The standard InChI is InChI=1S/C14H22N4O2S/c1-2-21(19,20)18-7-11(9-3-4-9)12(8-18)14-15-13(16-17-14)10-5-6-10/h9-12H,2-8H2,1H3,(H,15,16,17)/t11-,12+/m1/s1. The Morgan fingerprint density at radius 2 is 2.00 bits per heavy atom. The van der Waals surface area contributed by atoms with Gasteiger partial charge in [-0.15, -0.1) is 0 Å². The van der Waals surface area contributed by atoms with Gasteiger partial charge in [0.1, 0.15) is 5.82 Å². The molecule has 1 saturated heterocycles. The van der Waals surface area contributed by atoms with E-state index in [1.54, 1.807) is 11.2 Å². The number of nitrogens with one attached hydrogen (secondary N) is 1. The predicted octanol–water partition coefficient (Wildman–Crippen LogP) is 1.46. The van der Waals surface area contributed by atoms with Crippen molar-refractivity contribution in [3.05, 3.63) is 11.6 Å². The molecule has 6 nitrogen and oxygen atoms in total. The van der Waals surface area contributed by atoms with Gasteiger partial charge >= 0.3 is 0 Å². The molecule has 1 N–H and O–H groups in total. The largest absolute Gasteiger partial charge is 0.263 e. The average Bonchev–Trinajstić information content (AvgIpc) is 3.40. The highest BCUT2D eigenvalue weighted by molar-refractivity contribution is 7.89. The van der Waals surface area contributed by atoms with Crippen LogP contribution in [0.25, 0.3) is 0 Å². The van der Waals surface area contributed by atoms with Crippen molar-refractivity contribution >= 4 is 10.0 Å². The Morgan fingerprint density at radius 1 is 1.24 bits per heavy atom. The van der Waals surface area contributed by atoms with Gasteiger partial charge in [0.25, 0.3) is 0 Å². The lowest BCUT2D eigenvalue weighted by molar-refractivity contribution is 0.424. The summed E-state index contributed by atoms with van der Waals surface area (Å²) in [6.07, 6.45) is 4.82. The number of aromatic amines is 1. The molecule has 3 fully saturated rings. The smallest absolute Gasteiger partial charge is 0.213 e. The Balaban J connectivity index is 1.59. The van der Waals surface area contributed by atoms with Gasteiger partial charge in [-0.3, -0.25) is 5.10 Å². The number of hydrogen-bond acceptors (Lipinski definition) is 4. The zero-order valence-corrected chi connectivity index (χ0v) is 13.1. The minimum Gasteiger partial charge on any atom is -0.263 e. The molecule has 116 valence electrons. The first-order valence-corrected chi connectivity index (χ1v) is 9.59. The lowest BCUT2D eigenvalue weighted by atomic mass is 9.91. The van der Waals surface area contributed by atoms with E-state index in [-0.39, 0.29) is 11.7 Å². The second-order valence-corrected chi connectivity index (χ2v) is 8.94. The topological polar surface area (TPSA) is 79.0 Å². The first kappa shape index (κ1) is 13.7. The van der Waals surface area contributed by atoms with Crippen molar-refractivity contribution < 1.29 is 8.42 Å². The van der Waals surface area contributed by atoms with Crippen LogP contribution in [0, 0.1) is 11.8 Å². The summed E-state index contributed by atoms with van der Waals surface area (Å²) in [5.74, 6) is 3.82. The van der Waals surface area contributed by atoms with E-state index in [0.717, 1.165) is 11.6 Å². The van der Waals surface area contributed by atoms with Gasteiger partial charge in [-0.05, 0) is 44.4 Å². The van der Waals surface area contributed by atoms with Crippen molar-refractivity contribution in [2.24, 2.45) is 11.8 Å². The summed E-state index contributed by atoms with van der Waals surface area (Å²) in [6, 6.07) is 0. The first-order chi connectivity index (χ1) is 10.1. The van der Waals surface area contributed by atoms with Crippen molar-refractivity contribution in [1.29, 1.82) is 0 Å². The van der Waals surface area contributed by atoms with Crippen LogP contribution in [0.1, 0.15) is 56.1 Å². The maximum atomic E-state index is 12.2. The lowest BCUT2D eigenvalue weighted by Crippen LogP contribution is -2.30. The minimum absolute atomic E-state index is 0.181. The summed E-state index contributed by atoms with van der Waals surface area (Å²) in [5, 5.41) is 7.43. The van der Waals surface area contributed by atoms with E-state index in [1.807, 2.05) is 0 Å². The number of H-pyrrole nitrogens is 1. The maximum Gasteiger partial charge on any atom is 0.213 e. The fourth-order valence-electron chi connectivity index (χ4n) is 3.47. The molecule has 0 aromatic carbocycles. The second-order valence-electron chi connectivity index (χ2n) is 6.68. The van der Waals surface area contributed by atoms with Crippen molar-refractivity contribution in [3.63, 3.8) is 0 Å². The van der Waals surface area contributed by atoms with Gasteiger partial charge in [0.05, 0.1) is 5.75 Å². The molecular formula is C14H22N4O2S. The number of hydrogen-bond donors (Lipinski definition) is 1. The summed E-state index contributed by atoms with van der Waals surface area (Å²) in [5.41, 5.74) is 0. The third kappa shape index (κ3) is 2.50. The Morgan fingerprint density at radius 3 is 2.62 bits per heavy atom. The van der Waals surface area contributed by atoms with Crippen LogP contribution in [0.5, 0.6) is 0 Å². The molecule has 3 aliphatic rings. The molecule has 0 amide bonds. The van der Waals surface area contributed by atoms with E-state index >= 15 is 0 Å². The molecule has 0 radical (unpaired) electrons. The van der Waals surface area contributed by atoms with E-state index in [9.17, 15) is 8.42 Å². The van der Waals surface area contributed by atoms with E-state index in [4.69, 9.17) is 0 Å². The van der Waals surface area contributed by atoms with Crippen molar-refractivity contribution in [2.75, 3.05) is 18.8 Å². The van der Waals surface area contributed by atoms with Gasteiger partial charge in [-0.1, -0.05) is 0 Å². The van der Waals surface area contributed by atoms with Gasteiger partial charge in [0.2, 0.25) is 10.0 Å². The molecule has 0 unspecified atom stereocenters. The van der Waals surface area contributed by atoms with Gasteiger partial charge in [-0.25, -0.2) is 17.7 Å². The van der Waals surface area contributed by atoms with Crippen LogP contribution in [-0.4, -0.2) is 46.7 Å². The summed E-state index contributed by atoms with van der Waals surface area (Å²) >= 11 is 0. The number of sulfonamides is 1. The molecule has 4 rings (SSSR count). The molecule has 21 heavy (non-hydrogen) atoms. The summed E-state index contributed by atoms with van der Waals surface area (Å²) in [7, 11) is -3.10. The highest BCUT2D eigenvalue weighted by atomic mass is 32.2. The van der Waals surface area contributed by atoms with Crippen molar-refractivity contribution in [1.82, 2.24) is 19.5 Å². The normalized spacial score (nSPS) is 30.9. The highest BCUT2D eigenvalue weighted by Gasteiger charge is 2.47. The summed E-state index contributed by atoms with van der Waals surface area (Å²) in [6.45, 7) is 2.94. The van der Waals surface area contributed by atoms with Crippen molar-refractivity contribution in [3.8, 4) is 0 Å². The number of aromatic nitrogens is 3. The fraction of sp³-hybridized carbons (Fsp3) is 0.857. The Hall–Kier alpha value is -0.950. The molecule has 2 aliphatic carbocycles. The van der Waals surface area contributed by atoms with E-state index in [1.165, 1.54) is 25.7 Å². The first-order valence-electron chi connectivity index (χ1n) is 7.98. The Kier molecular flexibility index (Phi) is 3.11. The summed E-state index contributed by atoms with van der Waals surface area (Å²) < 4.78 is 26.0. The van der Waals surface area contributed by atoms with Crippen LogP contribution in [0.4, 0.5) is 0 Å². The lowest BCUT2D eigenvalue weighted by Gasteiger charge is -2.14. The maximum absolute atomic E-state index is 12.2. The SMILES string of the molecule is CCS(=O)(=O)N1C[C@H](c2nc(C3CC3)n[nH]2)[C@@H](C2CC2)C1. The molecule has 1 aliphatic heterocycles. The molecule has 0 spiro atoms. The molecule has 2 saturated carbocycles. The second kappa shape index (κ2) is 4.78. The zero-order chi connectivity index (χ0) is 14.6. The van der Waals surface area contributed by atoms with E-state index in [2.05, 4.69) is 15.2 Å². The number of rotatable bonds is 5. The van der Waals surface area contributed by atoms with Crippen LogP contribution >= 0.6 is 0 Å². The van der Waals surface area contributed by atoms with Crippen LogP contribution < -0.4 is 0 Å². The van der Waals surface area contributed by atoms with Crippen LogP contribution in [0.15, 0.2) is 0 Å². The van der Waals surface area contributed by atoms with Crippen LogP contribution in [0.3, 0.4) is 0 Å². The zero-order valence-electron chi connectivity index (χ0n) is 12.3. The van der Waals surface area contributed by atoms with Crippen molar-refractivity contribution in [2.45, 2.75) is 44.4 Å². The quantitative estimate of drug-likeness (QED) is 0.893. The summed E-state index contributed by atoms with van der Waals surface area (Å²) in [4.78, 5) is 4.67. The molecule has 7 heteroatoms. The molecule has 2 heterocycles. The Labute approximate surface area is 125 Å². The third-order valence-corrected chi connectivity index (χ3v) is 6.95. The van der Waals surface area contributed by atoms with Crippen LogP contribution in [0.2, 0.25) is 0 Å². The molecule has 1 aromatic heterocycles. The minimum atomic E-state index is -3.10. The fourth-order valence-corrected chi connectivity index (χ4v) is 4.62. The van der Waals surface area contributed by atoms with Gasteiger partial charge in [-0.2, -0.15) is 5.10 Å². The molecular weight excluding hydrogens is 288 g/mol. The van der Waals surface area contributed by atoms with Gasteiger partial charge in [0.15, 0.2) is 5.82 Å². The average molecular weight is 310 g/mol. The van der Waals surface area contributed by atoms with E-state index in [0.29, 0.717) is 30.8 Å². The van der Waals surface area contributed by atoms with Gasteiger partial charge < -0.3 is 0 Å². The van der Waals surface area contributed by atoms with E-state index < -0.39 is 10.0 Å². The Bertz CT molecular complexity index is 633. The predicted molar refractivity (Wildman–Crippen MR) is 78.3 cm³/mol. The highest BCUT2D eigenvalue weighted by Crippen LogP contribution is 2.48. The monoisotopic (exact) mass is 310 g/mol. The third-order valence-electron chi connectivity index (χ3n) is 5.13.